The van der Waals surface area contributed by atoms with Crippen LogP contribution in [-0.2, 0) is 4.79 Å². The van der Waals surface area contributed by atoms with E-state index in [4.69, 9.17) is 0 Å². The maximum Gasteiger partial charge on any atom is 0.222 e. The highest BCUT2D eigenvalue weighted by Gasteiger charge is 2.15. The highest BCUT2D eigenvalue weighted by Crippen LogP contribution is 2.17. The average Bonchev–Trinajstić information content (AvgIpc) is 2.85. The first kappa shape index (κ1) is 14.8. The second-order valence-corrected chi connectivity index (χ2v) is 5.07. The van der Waals surface area contributed by atoms with E-state index in [-0.39, 0.29) is 11.8 Å². The monoisotopic (exact) mass is 254 g/mol. The van der Waals surface area contributed by atoms with Crippen LogP contribution in [0.3, 0.4) is 0 Å². The third-order valence-electron chi connectivity index (χ3n) is 3.16. The molecule has 1 aliphatic carbocycles. The second-order valence-electron chi connectivity index (χ2n) is 5.07. The van der Waals surface area contributed by atoms with Gasteiger partial charge in [-0.05, 0) is 12.8 Å². The number of aliphatic imine (C=N–C) groups is 1. The average molecular weight is 254 g/mol. The minimum Gasteiger partial charge on any atom is -0.355 e. The molecule has 5 nitrogen and oxygen atoms in total. The summed E-state index contributed by atoms with van der Waals surface area (Å²) in [6.45, 7) is 5.11. The summed E-state index contributed by atoms with van der Waals surface area (Å²) < 4.78 is 0. The van der Waals surface area contributed by atoms with E-state index in [0.29, 0.717) is 19.1 Å². The summed E-state index contributed by atoms with van der Waals surface area (Å²) in [6, 6.07) is 0.557. The van der Waals surface area contributed by atoms with E-state index in [0.717, 1.165) is 5.96 Å². The van der Waals surface area contributed by atoms with Gasteiger partial charge < -0.3 is 16.0 Å². The highest BCUT2D eigenvalue weighted by molar-refractivity contribution is 5.80. The molecule has 0 heterocycles. The molecule has 1 rings (SSSR count). The summed E-state index contributed by atoms with van der Waals surface area (Å²) in [5, 5.41) is 9.49. The summed E-state index contributed by atoms with van der Waals surface area (Å²) in [7, 11) is 1.77. The van der Waals surface area contributed by atoms with Crippen molar-refractivity contribution < 1.29 is 4.79 Å². The van der Waals surface area contributed by atoms with Gasteiger partial charge in [0.15, 0.2) is 5.96 Å². The van der Waals surface area contributed by atoms with Gasteiger partial charge in [-0.15, -0.1) is 0 Å². The van der Waals surface area contributed by atoms with E-state index >= 15 is 0 Å². The molecule has 1 aliphatic rings. The molecule has 0 atom stereocenters. The Balaban J connectivity index is 2.14. The molecule has 0 radical (unpaired) electrons. The van der Waals surface area contributed by atoms with Gasteiger partial charge in [0.2, 0.25) is 5.91 Å². The van der Waals surface area contributed by atoms with Gasteiger partial charge in [0.1, 0.15) is 0 Å². The first-order chi connectivity index (χ1) is 8.63. The van der Waals surface area contributed by atoms with Crippen LogP contribution in [0.4, 0.5) is 0 Å². The van der Waals surface area contributed by atoms with Gasteiger partial charge in [-0.3, -0.25) is 9.79 Å². The minimum atomic E-state index is 0.0425. The predicted molar refractivity (Wildman–Crippen MR) is 74.6 cm³/mol. The highest BCUT2D eigenvalue weighted by atomic mass is 16.1. The molecule has 3 N–H and O–H groups in total. The van der Waals surface area contributed by atoms with Gasteiger partial charge in [0, 0.05) is 32.1 Å². The Morgan fingerprint density at radius 2 is 1.83 bits per heavy atom. The third-order valence-corrected chi connectivity index (χ3v) is 3.16. The molecule has 5 heteroatoms. The Kier molecular flexibility index (Phi) is 6.54. The lowest BCUT2D eigenvalue weighted by Gasteiger charge is -2.17. The zero-order valence-electron chi connectivity index (χ0n) is 11.8. The molecule has 0 saturated heterocycles. The molecule has 0 bridgehead atoms. The van der Waals surface area contributed by atoms with Crippen molar-refractivity contribution in [2.45, 2.75) is 45.6 Å². The molecule has 1 fully saturated rings. The Morgan fingerprint density at radius 3 is 2.39 bits per heavy atom. The molecule has 1 amide bonds. The quantitative estimate of drug-likeness (QED) is 0.387. The zero-order valence-corrected chi connectivity index (χ0v) is 11.8. The van der Waals surface area contributed by atoms with Crippen LogP contribution >= 0.6 is 0 Å². The fourth-order valence-electron chi connectivity index (χ4n) is 2.03. The van der Waals surface area contributed by atoms with Gasteiger partial charge in [0.25, 0.3) is 0 Å². The number of hydrogen-bond donors (Lipinski definition) is 3. The van der Waals surface area contributed by atoms with Crippen molar-refractivity contribution in [1.29, 1.82) is 0 Å². The van der Waals surface area contributed by atoms with Crippen molar-refractivity contribution in [2.75, 3.05) is 20.1 Å². The van der Waals surface area contributed by atoms with Crippen LogP contribution in [0.15, 0.2) is 4.99 Å². The Hall–Kier alpha value is -1.26. The van der Waals surface area contributed by atoms with Gasteiger partial charge in [-0.1, -0.05) is 26.7 Å². The number of guanidine groups is 1. The maximum atomic E-state index is 11.4. The molecule has 1 saturated carbocycles. The van der Waals surface area contributed by atoms with E-state index in [2.05, 4.69) is 20.9 Å². The predicted octanol–water partition coefficient (Wildman–Crippen LogP) is 0.866. The van der Waals surface area contributed by atoms with Crippen molar-refractivity contribution in [1.82, 2.24) is 16.0 Å². The van der Waals surface area contributed by atoms with Crippen LogP contribution in [0.5, 0.6) is 0 Å². The fourth-order valence-corrected chi connectivity index (χ4v) is 2.03. The van der Waals surface area contributed by atoms with Crippen molar-refractivity contribution in [3.63, 3.8) is 0 Å². The van der Waals surface area contributed by atoms with Crippen molar-refractivity contribution in [2.24, 2.45) is 10.9 Å². The second kappa shape index (κ2) is 7.95. The Labute approximate surface area is 110 Å². The van der Waals surface area contributed by atoms with Crippen molar-refractivity contribution >= 4 is 11.9 Å². The van der Waals surface area contributed by atoms with E-state index in [1.54, 1.807) is 7.05 Å². The zero-order chi connectivity index (χ0) is 13.4. The minimum absolute atomic E-state index is 0.0425. The molecular weight excluding hydrogens is 228 g/mol. The molecule has 0 aromatic heterocycles. The standard InChI is InChI=1S/C13H26N4O/c1-10(2)12(18)15-8-9-16-13(14-3)17-11-6-4-5-7-11/h10-11H,4-9H2,1-3H3,(H,15,18)(H2,14,16,17). The molecule has 18 heavy (non-hydrogen) atoms. The lowest BCUT2D eigenvalue weighted by atomic mass is 10.2. The first-order valence-electron chi connectivity index (χ1n) is 6.88. The fraction of sp³-hybridized carbons (Fsp3) is 0.846. The van der Waals surface area contributed by atoms with Gasteiger partial charge in [-0.25, -0.2) is 0 Å². The molecule has 0 aromatic carbocycles. The number of nitrogens with one attached hydrogen (secondary N) is 3. The van der Waals surface area contributed by atoms with Crippen LogP contribution in [0.25, 0.3) is 0 Å². The summed E-state index contributed by atoms with van der Waals surface area (Å²) in [4.78, 5) is 15.5. The van der Waals surface area contributed by atoms with E-state index in [9.17, 15) is 4.79 Å². The molecule has 0 aromatic rings. The first-order valence-corrected chi connectivity index (χ1v) is 6.88. The van der Waals surface area contributed by atoms with Crippen LogP contribution in [0, 0.1) is 5.92 Å². The van der Waals surface area contributed by atoms with Crippen LogP contribution in [0.1, 0.15) is 39.5 Å². The van der Waals surface area contributed by atoms with Crippen LogP contribution < -0.4 is 16.0 Å². The van der Waals surface area contributed by atoms with Gasteiger partial charge >= 0.3 is 0 Å². The van der Waals surface area contributed by atoms with Gasteiger partial charge in [0.05, 0.1) is 0 Å². The Morgan fingerprint density at radius 1 is 1.22 bits per heavy atom. The molecule has 0 spiro atoms. The van der Waals surface area contributed by atoms with Gasteiger partial charge in [-0.2, -0.15) is 0 Å². The van der Waals surface area contributed by atoms with E-state index < -0.39 is 0 Å². The Bertz CT molecular complexity index is 283. The molecule has 0 unspecified atom stereocenters. The number of hydrogen-bond acceptors (Lipinski definition) is 2. The maximum absolute atomic E-state index is 11.4. The van der Waals surface area contributed by atoms with Crippen molar-refractivity contribution in [3.8, 4) is 0 Å². The SMILES string of the molecule is CN=C(NCCNC(=O)C(C)C)NC1CCCC1. The summed E-state index contributed by atoms with van der Waals surface area (Å²) in [5.41, 5.74) is 0. The lowest BCUT2D eigenvalue weighted by Crippen LogP contribution is -2.45. The number of nitrogens with zero attached hydrogens (tertiary/aromatic N) is 1. The molecule has 0 aliphatic heterocycles. The smallest absolute Gasteiger partial charge is 0.222 e. The van der Waals surface area contributed by atoms with Crippen LogP contribution in [0.2, 0.25) is 0 Å². The summed E-state index contributed by atoms with van der Waals surface area (Å²) in [5.74, 6) is 0.970. The summed E-state index contributed by atoms with van der Waals surface area (Å²) >= 11 is 0. The summed E-state index contributed by atoms with van der Waals surface area (Å²) in [6.07, 6.45) is 5.06. The lowest BCUT2D eigenvalue weighted by molar-refractivity contribution is -0.123. The van der Waals surface area contributed by atoms with Crippen LogP contribution in [-0.4, -0.2) is 38.0 Å². The number of carbonyl (C=O) groups is 1. The number of amides is 1. The van der Waals surface area contributed by atoms with E-state index in [1.807, 2.05) is 13.8 Å². The third kappa shape index (κ3) is 5.38. The number of rotatable bonds is 5. The molecule has 104 valence electrons. The normalized spacial score (nSPS) is 17.0. The molecular formula is C13H26N4O. The number of carbonyl (C=O) groups excluding carboxylic acids is 1. The van der Waals surface area contributed by atoms with E-state index in [1.165, 1.54) is 25.7 Å². The van der Waals surface area contributed by atoms with Crippen molar-refractivity contribution in [3.05, 3.63) is 0 Å². The largest absolute Gasteiger partial charge is 0.355 e. The topological polar surface area (TPSA) is 65.5 Å².